The van der Waals surface area contributed by atoms with E-state index in [0.717, 1.165) is 17.1 Å². The van der Waals surface area contributed by atoms with E-state index < -0.39 is 0 Å². The number of hydrogen-bond donors (Lipinski definition) is 1. The van der Waals surface area contributed by atoms with Crippen LogP contribution in [0.1, 0.15) is 31.1 Å². The van der Waals surface area contributed by atoms with Gasteiger partial charge in [0.05, 0.1) is 12.7 Å². The second kappa shape index (κ2) is 8.18. The molecule has 2 aromatic carbocycles. The summed E-state index contributed by atoms with van der Waals surface area (Å²) in [6.45, 7) is 5.58. The fourth-order valence-electron chi connectivity index (χ4n) is 2.11. The third-order valence-electron chi connectivity index (χ3n) is 3.26. The molecule has 21 heavy (non-hydrogen) atoms. The molecule has 112 valence electrons. The fourth-order valence-corrected chi connectivity index (χ4v) is 2.37. The molecular formula is C18H22ClNO. The van der Waals surface area contributed by atoms with Crippen LogP contribution < -0.4 is 5.32 Å². The maximum absolute atomic E-state index is 6.31. The van der Waals surface area contributed by atoms with Crippen molar-refractivity contribution in [1.82, 2.24) is 5.32 Å². The lowest BCUT2D eigenvalue weighted by molar-refractivity contribution is 0.0387. The van der Waals surface area contributed by atoms with Crippen molar-refractivity contribution in [3.05, 3.63) is 70.7 Å². The van der Waals surface area contributed by atoms with Gasteiger partial charge in [0.15, 0.2) is 0 Å². The molecule has 0 aliphatic heterocycles. The number of nitrogens with one attached hydrogen (secondary N) is 1. The van der Waals surface area contributed by atoms with Gasteiger partial charge in [0.2, 0.25) is 0 Å². The van der Waals surface area contributed by atoms with Crippen molar-refractivity contribution in [1.29, 1.82) is 0 Å². The van der Waals surface area contributed by atoms with Crippen LogP contribution in [-0.4, -0.2) is 12.6 Å². The van der Waals surface area contributed by atoms with E-state index in [1.54, 1.807) is 0 Å². The zero-order valence-corrected chi connectivity index (χ0v) is 13.3. The Kier molecular flexibility index (Phi) is 6.24. The molecule has 0 saturated carbocycles. The molecule has 0 aliphatic carbocycles. The molecule has 0 saturated heterocycles. The van der Waals surface area contributed by atoms with Gasteiger partial charge in [-0.15, -0.1) is 0 Å². The Labute approximate surface area is 132 Å². The molecule has 2 rings (SSSR count). The number of hydrogen-bond acceptors (Lipinski definition) is 2. The van der Waals surface area contributed by atoms with Crippen molar-refractivity contribution >= 4 is 11.6 Å². The van der Waals surface area contributed by atoms with E-state index in [1.807, 2.05) is 42.5 Å². The molecule has 0 heterocycles. The molecule has 0 radical (unpaired) electrons. The van der Waals surface area contributed by atoms with Gasteiger partial charge in [0.25, 0.3) is 0 Å². The minimum Gasteiger partial charge on any atom is -0.367 e. The van der Waals surface area contributed by atoms with Gasteiger partial charge in [0.1, 0.15) is 0 Å². The molecule has 0 bridgehead atoms. The SMILES string of the molecule is CC(C)NCC(OCc1ccccc1)c1ccccc1Cl. The van der Waals surface area contributed by atoms with Gasteiger partial charge in [-0.1, -0.05) is 74.0 Å². The predicted molar refractivity (Wildman–Crippen MR) is 88.6 cm³/mol. The van der Waals surface area contributed by atoms with Crippen molar-refractivity contribution in [2.45, 2.75) is 32.6 Å². The summed E-state index contributed by atoms with van der Waals surface area (Å²) in [5.41, 5.74) is 2.20. The van der Waals surface area contributed by atoms with Crippen LogP contribution in [0.3, 0.4) is 0 Å². The second-order valence-electron chi connectivity index (χ2n) is 5.37. The Morgan fingerprint density at radius 1 is 1.00 bits per heavy atom. The van der Waals surface area contributed by atoms with Crippen molar-refractivity contribution in [2.75, 3.05) is 6.54 Å². The molecule has 0 fully saturated rings. The first-order valence-corrected chi connectivity index (χ1v) is 7.68. The van der Waals surface area contributed by atoms with E-state index in [0.29, 0.717) is 12.6 Å². The van der Waals surface area contributed by atoms with Crippen molar-refractivity contribution in [2.24, 2.45) is 0 Å². The Bertz CT molecular complexity index is 542. The van der Waals surface area contributed by atoms with Crippen LogP contribution >= 0.6 is 11.6 Å². The Morgan fingerprint density at radius 2 is 1.67 bits per heavy atom. The first-order valence-electron chi connectivity index (χ1n) is 7.30. The predicted octanol–water partition coefficient (Wildman–Crippen LogP) is 4.60. The second-order valence-corrected chi connectivity index (χ2v) is 5.78. The zero-order chi connectivity index (χ0) is 15.1. The first kappa shape index (κ1) is 16.0. The van der Waals surface area contributed by atoms with Crippen molar-refractivity contribution in [3.8, 4) is 0 Å². The monoisotopic (exact) mass is 303 g/mol. The van der Waals surface area contributed by atoms with Gasteiger partial charge >= 0.3 is 0 Å². The largest absolute Gasteiger partial charge is 0.367 e. The minimum atomic E-state index is -0.0543. The van der Waals surface area contributed by atoms with Crippen LogP contribution in [0, 0.1) is 0 Å². The average Bonchev–Trinajstić information content (AvgIpc) is 2.49. The smallest absolute Gasteiger partial charge is 0.0968 e. The number of ether oxygens (including phenoxy) is 1. The van der Waals surface area contributed by atoms with Gasteiger partial charge < -0.3 is 10.1 Å². The number of halogens is 1. The third kappa shape index (κ3) is 5.16. The lowest BCUT2D eigenvalue weighted by Gasteiger charge is -2.21. The standard InChI is InChI=1S/C18H22ClNO/c1-14(2)20-12-18(16-10-6-7-11-17(16)19)21-13-15-8-4-3-5-9-15/h3-11,14,18,20H,12-13H2,1-2H3. The van der Waals surface area contributed by atoms with Crippen molar-refractivity contribution < 1.29 is 4.74 Å². The highest BCUT2D eigenvalue weighted by atomic mass is 35.5. The normalized spacial score (nSPS) is 12.6. The molecule has 0 aliphatic rings. The van der Waals surface area contributed by atoms with Crippen LogP contribution in [0.15, 0.2) is 54.6 Å². The highest BCUT2D eigenvalue weighted by Crippen LogP contribution is 2.26. The zero-order valence-electron chi connectivity index (χ0n) is 12.6. The number of rotatable bonds is 7. The van der Waals surface area contributed by atoms with Crippen LogP contribution in [0.5, 0.6) is 0 Å². The van der Waals surface area contributed by atoms with Gasteiger partial charge in [-0.05, 0) is 11.6 Å². The van der Waals surface area contributed by atoms with Crippen molar-refractivity contribution in [3.63, 3.8) is 0 Å². The maximum atomic E-state index is 6.31. The summed E-state index contributed by atoms with van der Waals surface area (Å²) in [5, 5.41) is 4.17. The summed E-state index contributed by atoms with van der Waals surface area (Å²) in [6.07, 6.45) is -0.0543. The molecule has 1 unspecified atom stereocenters. The molecular weight excluding hydrogens is 282 g/mol. The summed E-state index contributed by atoms with van der Waals surface area (Å²) in [7, 11) is 0. The molecule has 2 aromatic rings. The summed E-state index contributed by atoms with van der Waals surface area (Å²) in [4.78, 5) is 0. The Balaban J connectivity index is 2.07. The highest BCUT2D eigenvalue weighted by molar-refractivity contribution is 6.31. The van der Waals surface area contributed by atoms with Crippen LogP contribution in [0.25, 0.3) is 0 Å². The van der Waals surface area contributed by atoms with Crippen LogP contribution in [0.2, 0.25) is 5.02 Å². The Hall–Kier alpha value is -1.35. The summed E-state index contributed by atoms with van der Waals surface area (Å²) in [6, 6.07) is 18.5. The maximum Gasteiger partial charge on any atom is 0.0968 e. The van der Waals surface area contributed by atoms with Gasteiger partial charge in [-0.2, -0.15) is 0 Å². The van der Waals surface area contributed by atoms with E-state index in [2.05, 4.69) is 31.3 Å². The quantitative estimate of drug-likeness (QED) is 0.807. The summed E-state index contributed by atoms with van der Waals surface area (Å²) < 4.78 is 6.10. The molecule has 3 heteroatoms. The molecule has 0 spiro atoms. The van der Waals surface area contributed by atoms with Crippen LogP contribution in [-0.2, 0) is 11.3 Å². The third-order valence-corrected chi connectivity index (χ3v) is 3.60. The topological polar surface area (TPSA) is 21.3 Å². The number of benzene rings is 2. The lowest BCUT2D eigenvalue weighted by atomic mass is 10.1. The van der Waals surface area contributed by atoms with E-state index in [4.69, 9.17) is 16.3 Å². The molecule has 1 atom stereocenters. The highest BCUT2D eigenvalue weighted by Gasteiger charge is 2.15. The van der Waals surface area contributed by atoms with E-state index >= 15 is 0 Å². The molecule has 2 nitrogen and oxygen atoms in total. The lowest BCUT2D eigenvalue weighted by Crippen LogP contribution is -2.29. The summed E-state index contributed by atoms with van der Waals surface area (Å²) >= 11 is 6.31. The first-order chi connectivity index (χ1) is 10.2. The molecule has 1 N–H and O–H groups in total. The molecule has 0 amide bonds. The fraction of sp³-hybridized carbons (Fsp3) is 0.333. The minimum absolute atomic E-state index is 0.0543. The van der Waals surface area contributed by atoms with Gasteiger partial charge in [0, 0.05) is 23.2 Å². The van der Waals surface area contributed by atoms with Gasteiger partial charge in [-0.3, -0.25) is 0 Å². The van der Waals surface area contributed by atoms with Crippen LogP contribution in [0.4, 0.5) is 0 Å². The Morgan fingerprint density at radius 3 is 2.33 bits per heavy atom. The van der Waals surface area contributed by atoms with E-state index in [-0.39, 0.29) is 6.10 Å². The van der Waals surface area contributed by atoms with E-state index in [9.17, 15) is 0 Å². The average molecular weight is 304 g/mol. The van der Waals surface area contributed by atoms with Gasteiger partial charge in [-0.25, -0.2) is 0 Å². The summed E-state index contributed by atoms with van der Waals surface area (Å²) in [5.74, 6) is 0. The van der Waals surface area contributed by atoms with E-state index in [1.165, 1.54) is 5.56 Å². The molecule has 0 aromatic heterocycles.